The molecule has 5 heteroatoms. The molecule has 27 heavy (non-hydrogen) atoms. The smallest absolute Gasteiger partial charge is 0.245 e. The fourth-order valence-electron chi connectivity index (χ4n) is 5.16. The number of nitrogens with one attached hydrogen (secondary N) is 1. The van der Waals surface area contributed by atoms with Crippen LogP contribution in [0, 0.1) is 5.92 Å². The van der Waals surface area contributed by atoms with Crippen LogP contribution < -0.4 is 19.7 Å². The van der Waals surface area contributed by atoms with Crippen molar-refractivity contribution >= 4 is 11.6 Å². The van der Waals surface area contributed by atoms with E-state index < -0.39 is 5.41 Å². The number of fused-ring (bicyclic) bond motifs is 5. The standard InChI is InChI=1S/C22H22N2O3/c25-21-22(13-27-20-10-19-15(6-8-26-19)9-17(20)22)16-3-1-2-4-18(16)24(21)12-14-5-7-23-11-14/h1-4,9-10,14,23H,5-8,11-13H2. The van der Waals surface area contributed by atoms with E-state index >= 15 is 0 Å². The van der Waals surface area contributed by atoms with Gasteiger partial charge in [0.05, 0.1) is 6.61 Å². The zero-order valence-electron chi connectivity index (χ0n) is 15.2. The Hall–Kier alpha value is -2.53. The molecule has 0 aliphatic carbocycles. The second-order valence-electron chi connectivity index (χ2n) is 8.04. The molecule has 5 nitrogen and oxygen atoms in total. The van der Waals surface area contributed by atoms with Crippen LogP contribution >= 0.6 is 0 Å². The molecule has 0 radical (unpaired) electrons. The number of rotatable bonds is 2. The molecule has 4 aliphatic heterocycles. The van der Waals surface area contributed by atoms with Crippen LogP contribution in [-0.2, 0) is 16.6 Å². The van der Waals surface area contributed by atoms with Gasteiger partial charge in [0.25, 0.3) is 0 Å². The summed E-state index contributed by atoms with van der Waals surface area (Å²) < 4.78 is 11.8. The largest absolute Gasteiger partial charge is 0.493 e. The van der Waals surface area contributed by atoms with Gasteiger partial charge in [0.1, 0.15) is 23.5 Å². The van der Waals surface area contributed by atoms with Gasteiger partial charge in [0.2, 0.25) is 5.91 Å². The van der Waals surface area contributed by atoms with Crippen molar-refractivity contribution in [2.75, 3.05) is 37.7 Å². The van der Waals surface area contributed by atoms with Crippen molar-refractivity contribution in [2.45, 2.75) is 18.3 Å². The Bertz CT molecular complexity index is 951. The minimum absolute atomic E-state index is 0.160. The molecule has 138 valence electrons. The molecule has 1 saturated heterocycles. The Morgan fingerprint density at radius 2 is 2.07 bits per heavy atom. The number of para-hydroxylation sites is 1. The highest BCUT2D eigenvalue weighted by molar-refractivity contribution is 6.11. The molecule has 1 fully saturated rings. The lowest BCUT2D eigenvalue weighted by atomic mass is 9.76. The number of carbonyl (C=O) groups excluding carboxylic acids is 1. The van der Waals surface area contributed by atoms with Crippen LogP contribution in [-0.4, -0.2) is 38.8 Å². The molecule has 0 bridgehead atoms. The summed E-state index contributed by atoms with van der Waals surface area (Å²) in [5, 5.41) is 3.41. The van der Waals surface area contributed by atoms with Crippen LogP contribution in [0.15, 0.2) is 36.4 Å². The fourth-order valence-corrected chi connectivity index (χ4v) is 5.16. The van der Waals surface area contributed by atoms with Gasteiger partial charge in [0, 0.05) is 30.3 Å². The number of amides is 1. The highest BCUT2D eigenvalue weighted by atomic mass is 16.5. The molecule has 2 aromatic carbocycles. The molecule has 1 spiro atoms. The van der Waals surface area contributed by atoms with Gasteiger partial charge in [-0.3, -0.25) is 4.79 Å². The first-order valence-electron chi connectivity index (χ1n) is 9.82. The molecule has 4 heterocycles. The molecule has 6 rings (SSSR count). The summed E-state index contributed by atoms with van der Waals surface area (Å²) in [7, 11) is 0. The summed E-state index contributed by atoms with van der Waals surface area (Å²) in [6, 6.07) is 12.4. The van der Waals surface area contributed by atoms with Crippen molar-refractivity contribution in [1.82, 2.24) is 5.32 Å². The van der Waals surface area contributed by atoms with E-state index in [1.165, 1.54) is 5.56 Å². The van der Waals surface area contributed by atoms with Gasteiger partial charge in [0.15, 0.2) is 0 Å². The number of carbonyl (C=O) groups is 1. The number of hydrogen-bond acceptors (Lipinski definition) is 4. The lowest BCUT2D eigenvalue weighted by molar-refractivity contribution is -0.122. The molecule has 0 aromatic heterocycles. The van der Waals surface area contributed by atoms with Crippen molar-refractivity contribution in [3.8, 4) is 11.5 Å². The summed E-state index contributed by atoms with van der Waals surface area (Å²) in [5.41, 5.74) is 3.61. The summed E-state index contributed by atoms with van der Waals surface area (Å²) in [6.07, 6.45) is 2.02. The molecule has 1 amide bonds. The maximum absolute atomic E-state index is 13.8. The maximum atomic E-state index is 13.8. The predicted molar refractivity (Wildman–Crippen MR) is 102 cm³/mol. The van der Waals surface area contributed by atoms with E-state index in [2.05, 4.69) is 23.5 Å². The average molecular weight is 362 g/mol. The summed E-state index contributed by atoms with van der Waals surface area (Å²) in [5.74, 6) is 2.36. The quantitative estimate of drug-likeness (QED) is 0.890. The van der Waals surface area contributed by atoms with Gasteiger partial charge in [-0.25, -0.2) is 0 Å². The Morgan fingerprint density at radius 1 is 1.15 bits per heavy atom. The lowest BCUT2D eigenvalue weighted by Gasteiger charge is -2.25. The molecule has 1 N–H and O–H groups in total. The SMILES string of the molecule is O=C1N(CC2CCNC2)c2ccccc2C12COc1cc3c(cc12)CCO3. The van der Waals surface area contributed by atoms with Crippen molar-refractivity contribution in [3.63, 3.8) is 0 Å². The second kappa shape index (κ2) is 5.49. The zero-order valence-corrected chi connectivity index (χ0v) is 15.2. The van der Waals surface area contributed by atoms with Crippen molar-refractivity contribution in [1.29, 1.82) is 0 Å². The van der Waals surface area contributed by atoms with Crippen LogP contribution in [0.4, 0.5) is 5.69 Å². The summed E-state index contributed by atoms with van der Waals surface area (Å²) in [4.78, 5) is 15.8. The van der Waals surface area contributed by atoms with Gasteiger partial charge in [-0.05, 0) is 48.7 Å². The highest BCUT2D eigenvalue weighted by Gasteiger charge is 2.57. The van der Waals surface area contributed by atoms with Crippen LogP contribution in [0.1, 0.15) is 23.1 Å². The number of anilines is 1. The fraction of sp³-hybridized carbons (Fsp3) is 0.409. The second-order valence-corrected chi connectivity index (χ2v) is 8.04. The van der Waals surface area contributed by atoms with Crippen molar-refractivity contribution in [3.05, 3.63) is 53.1 Å². The van der Waals surface area contributed by atoms with E-state index in [1.54, 1.807) is 0 Å². The van der Waals surface area contributed by atoms with E-state index in [1.807, 2.05) is 23.1 Å². The normalized spacial score (nSPS) is 27.5. The van der Waals surface area contributed by atoms with E-state index in [0.29, 0.717) is 19.1 Å². The molecule has 4 aliphatic rings. The van der Waals surface area contributed by atoms with Crippen LogP contribution in [0.3, 0.4) is 0 Å². The van der Waals surface area contributed by atoms with Crippen molar-refractivity contribution in [2.24, 2.45) is 5.92 Å². The minimum atomic E-state index is -0.713. The third kappa shape index (κ3) is 2.00. The first kappa shape index (κ1) is 15.5. The maximum Gasteiger partial charge on any atom is 0.245 e. The molecule has 0 saturated carbocycles. The monoisotopic (exact) mass is 362 g/mol. The number of benzene rings is 2. The first-order valence-corrected chi connectivity index (χ1v) is 9.82. The zero-order chi connectivity index (χ0) is 18.0. The summed E-state index contributed by atoms with van der Waals surface area (Å²) in [6.45, 7) is 3.87. The van der Waals surface area contributed by atoms with E-state index in [0.717, 1.165) is 60.8 Å². The third-order valence-electron chi connectivity index (χ3n) is 6.56. The van der Waals surface area contributed by atoms with E-state index in [-0.39, 0.29) is 5.91 Å². The molecule has 2 atom stereocenters. The molecular formula is C22H22N2O3. The molecule has 2 aromatic rings. The Labute approximate surface area is 158 Å². The topological polar surface area (TPSA) is 50.8 Å². The highest BCUT2D eigenvalue weighted by Crippen LogP contribution is 2.54. The molecular weight excluding hydrogens is 340 g/mol. The first-order chi connectivity index (χ1) is 13.3. The van der Waals surface area contributed by atoms with E-state index in [4.69, 9.17) is 9.47 Å². The average Bonchev–Trinajstić information content (AvgIpc) is 3.46. The Kier molecular flexibility index (Phi) is 3.15. The van der Waals surface area contributed by atoms with Crippen LogP contribution in [0.2, 0.25) is 0 Å². The predicted octanol–water partition coefficient (Wildman–Crippen LogP) is 2.26. The summed E-state index contributed by atoms with van der Waals surface area (Å²) >= 11 is 0. The Balaban J connectivity index is 1.49. The Morgan fingerprint density at radius 3 is 2.96 bits per heavy atom. The number of hydrogen-bond donors (Lipinski definition) is 1. The number of nitrogens with zero attached hydrogens (tertiary/aromatic N) is 1. The lowest BCUT2D eigenvalue weighted by Crippen LogP contribution is -2.44. The van der Waals surface area contributed by atoms with Crippen LogP contribution in [0.5, 0.6) is 11.5 Å². The van der Waals surface area contributed by atoms with E-state index in [9.17, 15) is 4.79 Å². The van der Waals surface area contributed by atoms with Gasteiger partial charge in [-0.15, -0.1) is 0 Å². The van der Waals surface area contributed by atoms with Gasteiger partial charge < -0.3 is 19.7 Å². The van der Waals surface area contributed by atoms with Gasteiger partial charge in [-0.2, -0.15) is 0 Å². The van der Waals surface area contributed by atoms with Crippen LogP contribution in [0.25, 0.3) is 0 Å². The van der Waals surface area contributed by atoms with Gasteiger partial charge in [-0.1, -0.05) is 18.2 Å². The third-order valence-corrected chi connectivity index (χ3v) is 6.56. The number of ether oxygens (including phenoxy) is 2. The molecule has 2 unspecified atom stereocenters. The minimum Gasteiger partial charge on any atom is -0.493 e. The van der Waals surface area contributed by atoms with Crippen molar-refractivity contribution < 1.29 is 14.3 Å². The van der Waals surface area contributed by atoms with Gasteiger partial charge >= 0.3 is 0 Å².